The number of hydrogen-bond donors (Lipinski definition) is 6. The number of aliphatic hydroxyl groups excluding tert-OH is 3. The van der Waals surface area contributed by atoms with Gasteiger partial charge in [0, 0.05) is 62.5 Å². The molecule has 0 aromatic heterocycles. The average Bonchev–Trinajstić information content (AvgIpc) is 1.56. The van der Waals surface area contributed by atoms with E-state index in [0.29, 0.717) is 47.2 Å². The molecule has 14 atom stereocenters. The van der Waals surface area contributed by atoms with Gasteiger partial charge in [-0.05, 0) is 291 Å². The third-order valence-corrected chi connectivity index (χ3v) is 23.2. The highest BCUT2D eigenvalue weighted by molar-refractivity contribution is 6.51. The number of carbonyl (C=O) groups is 5. The zero-order valence-corrected chi connectivity index (χ0v) is 80.5. The van der Waals surface area contributed by atoms with Gasteiger partial charge in [0.25, 0.3) is 0 Å². The Labute approximate surface area is 749 Å². The number of ketones is 1. The highest BCUT2D eigenvalue weighted by atomic mass is 35.5. The summed E-state index contributed by atoms with van der Waals surface area (Å²) >= 11 is 22.0. The first-order chi connectivity index (χ1) is 55.6. The number of halogens is 4. The van der Waals surface area contributed by atoms with Crippen LogP contribution in [0.25, 0.3) is 0 Å². The third kappa shape index (κ3) is 56.5. The van der Waals surface area contributed by atoms with E-state index in [1.807, 2.05) is 54.4 Å². The first-order valence-electron chi connectivity index (χ1n) is 43.1. The second-order valence-corrected chi connectivity index (χ2v) is 38.8. The molecule has 0 amide bonds. The molecule has 3 aliphatic heterocycles. The van der Waals surface area contributed by atoms with Crippen LogP contribution in [-0.2, 0) is 61.4 Å². The quantitative estimate of drug-likeness (QED) is 0.0124. The van der Waals surface area contributed by atoms with E-state index in [4.69, 9.17) is 142 Å². The number of aliphatic carboxylic acids is 2. The predicted molar refractivity (Wildman–Crippen MR) is 494 cm³/mol. The Morgan fingerprint density at radius 2 is 0.800 bits per heavy atom. The van der Waals surface area contributed by atoms with Crippen LogP contribution >= 0.6 is 46.4 Å². The van der Waals surface area contributed by atoms with Crippen molar-refractivity contribution in [2.75, 3.05) is 23.5 Å². The first-order valence-corrected chi connectivity index (χ1v) is 45.2. The molecule has 0 aromatic rings. The third-order valence-electron chi connectivity index (χ3n) is 22.1. The monoisotopic (exact) mass is 1760 g/mol. The fourth-order valence-corrected chi connectivity index (χ4v) is 11.9. The maximum atomic E-state index is 11.8. The van der Waals surface area contributed by atoms with Gasteiger partial charge in [0.2, 0.25) is 0 Å². The van der Waals surface area contributed by atoms with E-state index in [2.05, 4.69) is 103 Å². The van der Waals surface area contributed by atoms with Crippen molar-refractivity contribution >= 4 is 98.0 Å². The van der Waals surface area contributed by atoms with Crippen LogP contribution in [0.1, 0.15) is 326 Å². The zero-order chi connectivity index (χ0) is 93.1. The van der Waals surface area contributed by atoms with E-state index in [0.717, 1.165) is 172 Å². The predicted octanol–water partition coefficient (Wildman–Crippen LogP) is 19.5. The lowest BCUT2D eigenvalue weighted by Gasteiger charge is -2.32. The van der Waals surface area contributed by atoms with Gasteiger partial charge >= 0.3 is 45.8 Å². The molecule has 26 heteroatoms. The lowest BCUT2D eigenvalue weighted by atomic mass is 9.79. The number of aliphatic hydroxyl groups is 3. The van der Waals surface area contributed by atoms with E-state index >= 15 is 0 Å². The van der Waals surface area contributed by atoms with Crippen molar-refractivity contribution in [2.45, 2.75) is 402 Å². The van der Waals surface area contributed by atoms with Gasteiger partial charge in [-0.2, -0.15) is 0 Å². The molecular formula is C94H157B3Cl4NO18. The highest BCUT2D eigenvalue weighted by Gasteiger charge is 2.59. The molecule has 9 rings (SSSR count). The minimum absolute atomic E-state index is 0.00257. The Morgan fingerprint density at radius 3 is 1.07 bits per heavy atom. The number of terminal acetylenes is 6. The molecule has 9 fully saturated rings. The van der Waals surface area contributed by atoms with E-state index in [1.54, 1.807) is 27.7 Å². The number of carboxylic acids is 2. The number of alkyl halides is 4. The van der Waals surface area contributed by atoms with E-state index in [1.165, 1.54) is 41.3 Å². The minimum atomic E-state index is -0.948. The smallest absolute Gasteiger partial charge is 0.481 e. The van der Waals surface area contributed by atoms with E-state index < -0.39 is 35.3 Å². The Kier molecular flexibility index (Phi) is 61.7. The Hall–Kier alpha value is -4.40. The molecule has 19 nitrogen and oxygen atoms in total. The second-order valence-electron chi connectivity index (χ2n) is 37.3. The normalized spacial score (nSPS) is 25.2. The van der Waals surface area contributed by atoms with Gasteiger partial charge in [-0.1, -0.05) is 53.6 Å². The van der Waals surface area contributed by atoms with Gasteiger partial charge in [0.05, 0.1) is 64.3 Å². The SMILES string of the molecule is C#CC.C#CCCCC1CC1O.C#CCCCC1CC1OC(C)=O.C#CCCCCl.C#CCCC[C@@H]1C[C@H]1O.C#CCCC[C@@H]1C[C@H]1OC(=O)C[C@H](C(=O)O)C(C)(C)C.CC(C)(C)[C@H](N)C(=O)O.CC(C)=O.CC1(C)OB(/C=C/CCCCl)OC1(C)C.CC1(C)OB(C2CC2CCCCl)OC1(C)C.CC1(C)O[B]OC1(C)C.OC1CC1CCCCl. The summed E-state index contributed by atoms with van der Waals surface area (Å²) in [6.45, 7) is 41.7. The van der Waals surface area contributed by atoms with Crippen molar-refractivity contribution in [3.63, 3.8) is 0 Å². The fourth-order valence-electron chi connectivity index (χ4n) is 11.3. The number of Topliss-reactive ketones (excluding diaryl/α,β-unsaturated/α-hetero) is 1. The number of carbonyl (C=O) groups excluding carboxylic acids is 3. The summed E-state index contributed by atoms with van der Waals surface area (Å²) in [5, 5.41) is 44.1. The van der Waals surface area contributed by atoms with Gasteiger partial charge in [-0.15, -0.1) is 120 Å². The number of nitrogens with two attached hydrogens (primary N) is 1. The lowest BCUT2D eigenvalue weighted by Crippen LogP contribution is -2.41. The number of unbranched alkanes of at least 4 members (excludes halogenated alkanes) is 6. The molecule has 1 radical (unpaired) electrons. The Bertz CT molecular complexity index is 3100. The number of hydrogen-bond acceptors (Lipinski definition) is 17. The zero-order valence-electron chi connectivity index (χ0n) is 77.5. The van der Waals surface area contributed by atoms with Crippen molar-refractivity contribution < 1.29 is 86.9 Å². The van der Waals surface area contributed by atoms with Crippen LogP contribution in [0.4, 0.5) is 0 Å². The average molecular weight is 1760 g/mol. The molecule has 120 heavy (non-hydrogen) atoms. The van der Waals surface area contributed by atoms with Gasteiger partial charge in [-0.25, -0.2) is 0 Å². The van der Waals surface area contributed by atoms with E-state index in [-0.39, 0.29) is 102 Å². The second kappa shape index (κ2) is 61.9. The summed E-state index contributed by atoms with van der Waals surface area (Å²) in [4.78, 5) is 53.2. The summed E-state index contributed by atoms with van der Waals surface area (Å²) < 4.78 is 44.4. The topological polar surface area (TPSA) is 286 Å². The number of allylic oxidation sites excluding steroid dienone is 1. The molecule has 3 saturated heterocycles. The Balaban J connectivity index is -0.00000128. The maximum Gasteiger partial charge on any atom is 0.488 e. The molecule has 9 aliphatic rings. The van der Waals surface area contributed by atoms with Crippen LogP contribution < -0.4 is 5.73 Å². The summed E-state index contributed by atoms with van der Waals surface area (Å²) in [5.74, 6) is 21.1. The van der Waals surface area contributed by atoms with Crippen molar-refractivity contribution in [2.24, 2.45) is 58.0 Å². The molecular weight excluding hydrogens is 1610 g/mol. The van der Waals surface area contributed by atoms with Crippen LogP contribution in [0, 0.1) is 126 Å². The maximum absolute atomic E-state index is 11.8. The van der Waals surface area contributed by atoms with Crippen LogP contribution in [0.2, 0.25) is 5.82 Å². The van der Waals surface area contributed by atoms with Crippen molar-refractivity contribution in [1.29, 1.82) is 0 Å². The molecule has 0 spiro atoms. The summed E-state index contributed by atoms with van der Waals surface area (Å²) in [6.07, 6.45) is 58.3. The van der Waals surface area contributed by atoms with Crippen molar-refractivity contribution in [3.8, 4) is 74.1 Å². The lowest BCUT2D eigenvalue weighted by molar-refractivity contribution is -0.156. The number of esters is 2. The minimum Gasteiger partial charge on any atom is -0.481 e. The summed E-state index contributed by atoms with van der Waals surface area (Å²) in [5.41, 5.74) is 3.27. The van der Waals surface area contributed by atoms with E-state index in [9.17, 15) is 29.1 Å². The molecule has 0 bridgehead atoms. The molecule has 7 N–H and O–H groups in total. The Morgan fingerprint density at radius 1 is 0.483 bits per heavy atom. The number of ether oxygens (including phenoxy) is 2. The first kappa shape index (κ1) is 120. The van der Waals surface area contributed by atoms with Crippen molar-refractivity contribution in [1.82, 2.24) is 0 Å². The highest BCUT2D eigenvalue weighted by Crippen LogP contribution is 2.55. The molecule has 6 saturated carbocycles. The standard InChI is InChI=1S/C16H24O4.C12H22BClO2.C11H20BClO2.C10H14O2.2C8H12O.C6H12BO2.C6H11ClO.C6H13NO2.C5H7Cl.C3H6O.C3H4/c1-5-6-7-8-11-9-13(11)20-14(17)10-12(15(18)19)16(2,3)4;1-11(2)12(3,4)16-13(15-11)10-8-9(10)6-5-7-14;1-10(2)11(3,4)15-12(14-10)8-6-5-7-9-13;1-3-4-5-6-9-7-10(9)12-8(2)11;2*1-2-3-4-5-7-6-8(7)9;1-5(2)6(3,4)9-7-8-5;7-3-1-2-5-4-6(5)8;1-6(2,3)4(7)5(8)9;1-2-3-4-5-6;1-3(2)4;1-3-2/h1,11-13H,6-10H2,2-4H3,(H,18,19);9-10H,5-8H2,1-4H3;6,8H,5,7,9H2,1-4H3;1,9-10H,4-7H2,2H3;2*1,7-9H,3-6H2;1-4H3;5-6,8H,1-4H2;4H,7H2,1-3H3,(H,8,9);1H,3-5H2;1-2H3;1H,2H3/b;;8-6+;;;;;;;;;/t11-,12-,13-;;;;7-,8-;;;;4-;;;/m1...1...1.../s1. The molecule has 8 unspecified atom stereocenters. The van der Waals surface area contributed by atoms with Crippen LogP contribution in [-0.4, -0.2) is 171 Å². The van der Waals surface area contributed by atoms with Crippen LogP contribution in [0.15, 0.2) is 12.1 Å². The molecule has 0 aromatic carbocycles. The molecule has 683 valence electrons. The molecule has 6 aliphatic carbocycles. The largest absolute Gasteiger partial charge is 0.488 e. The van der Waals surface area contributed by atoms with Gasteiger partial charge in [0.1, 0.15) is 24.0 Å². The van der Waals surface area contributed by atoms with Crippen LogP contribution in [0.5, 0.6) is 0 Å². The van der Waals surface area contributed by atoms with Crippen LogP contribution in [0.3, 0.4) is 0 Å². The molecule has 3 heterocycles. The number of carboxylic acid groups (broad SMARTS) is 2. The summed E-state index contributed by atoms with van der Waals surface area (Å²) in [6, 6.07) is -0.766. The van der Waals surface area contributed by atoms with Gasteiger partial charge in [-0.3, -0.25) is 19.2 Å². The number of rotatable bonds is 31. The van der Waals surface area contributed by atoms with Gasteiger partial charge in [0.15, 0.2) is 0 Å². The summed E-state index contributed by atoms with van der Waals surface area (Å²) in [7, 11) is 1.20. The fraction of sp³-hybridized carbons (Fsp3) is 0.798. The van der Waals surface area contributed by atoms with Crippen molar-refractivity contribution in [3.05, 3.63) is 12.1 Å². The van der Waals surface area contributed by atoms with Gasteiger partial charge < -0.3 is 73.5 Å².